The number of aryl methyl sites for hydroxylation is 1. The van der Waals surface area contributed by atoms with Crippen molar-refractivity contribution in [2.45, 2.75) is 38.5 Å². The fraction of sp³-hybridized carbons (Fsp3) is 0.476. The van der Waals surface area contributed by atoms with Gasteiger partial charge in [-0.1, -0.05) is 12.1 Å². The van der Waals surface area contributed by atoms with Gasteiger partial charge in [0.1, 0.15) is 12.2 Å². The molecule has 4 atom stereocenters. The first-order chi connectivity index (χ1) is 13.2. The average Bonchev–Trinajstić information content (AvgIpc) is 3.20. The molecule has 3 heterocycles. The topological polar surface area (TPSA) is 67.1 Å². The Balaban J connectivity index is 1.37. The molecule has 1 saturated carbocycles. The van der Waals surface area contributed by atoms with Gasteiger partial charge in [0.15, 0.2) is 0 Å². The summed E-state index contributed by atoms with van der Waals surface area (Å²) in [6.45, 7) is 5.07. The second kappa shape index (κ2) is 6.69. The Morgan fingerprint density at radius 1 is 1.07 bits per heavy atom. The number of aliphatic hydroxyl groups is 1. The van der Waals surface area contributed by atoms with Crippen LogP contribution in [-0.4, -0.2) is 48.7 Å². The molecule has 140 valence electrons. The second-order valence-corrected chi connectivity index (χ2v) is 8.08. The van der Waals surface area contributed by atoms with Crippen LogP contribution < -0.4 is 0 Å². The van der Waals surface area contributed by atoms with Gasteiger partial charge in [-0.25, -0.2) is 15.0 Å². The van der Waals surface area contributed by atoms with E-state index in [1.165, 1.54) is 0 Å². The summed E-state index contributed by atoms with van der Waals surface area (Å²) in [6, 6.07) is 8.35. The molecule has 0 unspecified atom stereocenters. The first-order valence-electron chi connectivity index (χ1n) is 9.77. The Labute approximate surface area is 158 Å². The van der Waals surface area contributed by atoms with Crippen molar-refractivity contribution in [1.82, 2.24) is 24.4 Å². The van der Waals surface area contributed by atoms with E-state index in [-0.39, 0.29) is 12.1 Å². The van der Waals surface area contributed by atoms with Crippen molar-refractivity contribution in [3.05, 3.63) is 54.4 Å². The third kappa shape index (κ3) is 3.03. The van der Waals surface area contributed by atoms with Gasteiger partial charge < -0.3 is 9.67 Å². The largest absolute Gasteiger partial charge is 0.391 e. The number of aliphatic hydroxyl groups excluding tert-OH is 1. The molecule has 6 nitrogen and oxygen atoms in total. The molecule has 1 saturated heterocycles. The maximum atomic E-state index is 11.0. The van der Waals surface area contributed by atoms with Gasteiger partial charge in [-0.15, -0.1) is 0 Å². The summed E-state index contributed by atoms with van der Waals surface area (Å²) in [6.07, 6.45) is 6.92. The molecule has 1 aliphatic carbocycles. The van der Waals surface area contributed by atoms with Gasteiger partial charge in [0.05, 0.1) is 23.2 Å². The van der Waals surface area contributed by atoms with Gasteiger partial charge in [0, 0.05) is 37.6 Å². The molecule has 1 N–H and O–H groups in total. The molecule has 2 aromatic heterocycles. The van der Waals surface area contributed by atoms with Crippen LogP contribution in [0, 0.1) is 18.8 Å². The van der Waals surface area contributed by atoms with E-state index in [0.717, 1.165) is 54.9 Å². The van der Waals surface area contributed by atoms with E-state index < -0.39 is 0 Å². The summed E-state index contributed by atoms with van der Waals surface area (Å²) in [5.74, 6) is 2.18. The highest BCUT2D eigenvalue weighted by Crippen LogP contribution is 2.43. The molecule has 0 spiro atoms. The highest BCUT2D eigenvalue weighted by Gasteiger charge is 2.42. The second-order valence-electron chi connectivity index (χ2n) is 8.08. The van der Waals surface area contributed by atoms with E-state index in [1.54, 1.807) is 6.33 Å². The van der Waals surface area contributed by atoms with Crippen molar-refractivity contribution >= 4 is 11.0 Å². The van der Waals surface area contributed by atoms with E-state index in [4.69, 9.17) is 4.98 Å². The zero-order chi connectivity index (χ0) is 18.4. The Morgan fingerprint density at radius 3 is 2.63 bits per heavy atom. The van der Waals surface area contributed by atoms with Crippen LogP contribution in [0.1, 0.15) is 30.3 Å². The van der Waals surface area contributed by atoms with Gasteiger partial charge in [0.25, 0.3) is 0 Å². The molecule has 0 amide bonds. The lowest BCUT2D eigenvalue weighted by molar-refractivity contribution is 0.0366. The fourth-order valence-corrected chi connectivity index (χ4v) is 5.16. The third-order valence-corrected chi connectivity index (χ3v) is 6.31. The van der Waals surface area contributed by atoms with Gasteiger partial charge in [-0.05, 0) is 43.7 Å². The minimum Gasteiger partial charge on any atom is -0.391 e. The molecule has 2 fully saturated rings. The molecular weight excluding hydrogens is 338 g/mol. The van der Waals surface area contributed by atoms with Crippen LogP contribution in [-0.2, 0) is 6.54 Å². The Morgan fingerprint density at radius 2 is 1.81 bits per heavy atom. The van der Waals surface area contributed by atoms with Crippen LogP contribution in [0.4, 0.5) is 0 Å². The minimum atomic E-state index is -0.317. The van der Waals surface area contributed by atoms with Crippen molar-refractivity contribution in [2.24, 2.45) is 11.8 Å². The summed E-state index contributed by atoms with van der Waals surface area (Å²) >= 11 is 0. The highest BCUT2D eigenvalue weighted by atomic mass is 16.3. The maximum Gasteiger partial charge on any atom is 0.115 e. The predicted octanol–water partition coefficient (Wildman–Crippen LogP) is 2.58. The number of aromatic nitrogens is 4. The number of benzene rings is 1. The van der Waals surface area contributed by atoms with Crippen molar-refractivity contribution in [1.29, 1.82) is 0 Å². The molecule has 27 heavy (non-hydrogen) atoms. The van der Waals surface area contributed by atoms with Crippen molar-refractivity contribution in [3.8, 4) is 0 Å². The van der Waals surface area contributed by atoms with Gasteiger partial charge in [0.2, 0.25) is 0 Å². The summed E-state index contributed by atoms with van der Waals surface area (Å²) in [7, 11) is 0. The van der Waals surface area contributed by atoms with Crippen molar-refractivity contribution in [2.75, 3.05) is 13.1 Å². The highest BCUT2D eigenvalue weighted by molar-refractivity contribution is 5.76. The standard InChI is InChI=1S/C21H25N5O/c1-14-24-18-4-2-3-5-19(18)26(14)20-6-16-11-25(12-17(16)7-21(20)27)10-15-8-22-13-23-9-15/h2-5,8-9,13,16-17,20-21,27H,6-7,10-12H2,1H3/t16-,17+,20-,21-/m0/s1. The lowest BCUT2D eigenvalue weighted by Gasteiger charge is -2.36. The van der Waals surface area contributed by atoms with Crippen LogP contribution in [0.5, 0.6) is 0 Å². The van der Waals surface area contributed by atoms with Gasteiger partial charge in [-0.2, -0.15) is 0 Å². The maximum absolute atomic E-state index is 11.0. The van der Waals surface area contributed by atoms with Gasteiger partial charge >= 0.3 is 0 Å². The predicted molar refractivity (Wildman–Crippen MR) is 103 cm³/mol. The van der Waals surface area contributed by atoms with Crippen LogP contribution in [0.2, 0.25) is 0 Å². The van der Waals surface area contributed by atoms with Crippen LogP contribution >= 0.6 is 0 Å². The van der Waals surface area contributed by atoms with Crippen LogP contribution in [0.25, 0.3) is 11.0 Å². The molecule has 0 radical (unpaired) electrons. The van der Waals surface area contributed by atoms with E-state index >= 15 is 0 Å². The van der Waals surface area contributed by atoms with Crippen molar-refractivity contribution in [3.63, 3.8) is 0 Å². The van der Waals surface area contributed by atoms with Crippen LogP contribution in [0.15, 0.2) is 43.0 Å². The summed E-state index contributed by atoms with van der Waals surface area (Å²) in [5.41, 5.74) is 3.31. The monoisotopic (exact) mass is 363 g/mol. The Kier molecular flexibility index (Phi) is 4.17. The van der Waals surface area contributed by atoms with E-state index in [2.05, 4.69) is 44.6 Å². The van der Waals surface area contributed by atoms with Crippen molar-refractivity contribution < 1.29 is 5.11 Å². The summed E-state index contributed by atoms with van der Waals surface area (Å²) in [5, 5.41) is 11.0. The smallest absolute Gasteiger partial charge is 0.115 e. The number of imidazole rings is 1. The molecule has 0 bridgehead atoms. The van der Waals surface area contributed by atoms with E-state index in [1.807, 2.05) is 18.5 Å². The van der Waals surface area contributed by atoms with Crippen LogP contribution in [0.3, 0.4) is 0 Å². The average molecular weight is 363 g/mol. The molecule has 6 heteroatoms. The number of para-hydroxylation sites is 2. The number of hydrogen-bond acceptors (Lipinski definition) is 5. The fourth-order valence-electron chi connectivity index (χ4n) is 5.16. The Bertz CT molecular complexity index is 940. The molecular formula is C21H25N5O. The Hall–Kier alpha value is -2.31. The zero-order valence-corrected chi connectivity index (χ0v) is 15.6. The number of hydrogen-bond donors (Lipinski definition) is 1. The SMILES string of the molecule is Cc1nc2ccccc2n1[C@H]1C[C@H]2CN(Cc3cncnc3)C[C@H]2C[C@@H]1O. The number of likely N-dealkylation sites (tertiary alicyclic amines) is 1. The number of rotatable bonds is 3. The van der Waals surface area contributed by atoms with E-state index in [0.29, 0.717) is 11.8 Å². The normalized spacial score (nSPS) is 28.5. The molecule has 1 aliphatic heterocycles. The summed E-state index contributed by atoms with van der Waals surface area (Å²) in [4.78, 5) is 15.4. The number of nitrogens with zero attached hydrogens (tertiary/aromatic N) is 5. The molecule has 2 aliphatic rings. The first kappa shape index (κ1) is 16.8. The minimum absolute atomic E-state index is 0.110. The first-order valence-corrected chi connectivity index (χ1v) is 9.77. The third-order valence-electron chi connectivity index (χ3n) is 6.31. The summed E-state index contributed by atoms with van der Waals surface area (Å²) < 4.78 is 2.27. The number of fused-ring (bicyclic) bond motifs is 2. The molecule has 3 aromatic rings. The molecule has 1 aromatic carbocycles. The lowest BCUT2D eigenvalue weighted by atomic mass is 9.77. The van der Waals surface area contributed by atoms with E-state index in [9.17, 15) is 5.11 Å². The lowest BCUT2D eigenvalue weighted by Crippen LogP contribution is -2.36. The quantitative estimate of drug-likeness (QED) is 0.775. The molecule has 5 rings (SSSR count). The zero-order valence-electron chi connectivity index (χ0n) is 15.6. The van der Waals surface area contributed by atoms with Gasteiger partial charge in [-0.3, -0.25) is 4.90 Å².